The number of hydrogen-bond donors (Lipinski definition) is 1. The fraction of sp³-hybridized carbons (Fsp3) is 0.417. The molecular weight excluding hydrogens is 188 g/mol. The van der Waals surface area contributed by atoms with Crippen LogP contribution in [0.4, 0.5) is 0 Å². The van der Waals surface area contributed by atoms with Gasteiger partial charge in [0.2, 0.25) is 0 Å². The van der Waals surface area contributed by atoms with Gasteiger partial charge in [-0.2, -0.15) is 5.26 Å². The van der Waals surface area contributed by atoms with Crippen LogP contribution >= 0.6 is 0 Å². The Labute approximate surface area is 90.5 Å². The number of hydrogen-bond acceptors (Lipinski definition) is 3. The first-order valence-electron chi connectivity index (χ1n) is 4.99. The molecule has 0 spiro atoms. The minimum Gasteiger partial charge on any atom is -0.478 e. The molecule has 0 fully saturated rings. The second-order valence-electron chi connectivity index (χ2n) is 3.69. The molecule has 2 N–H and O–H groups in total. The lowest BCUT2D eigenvalue weighted by Crippen LogP contribution is -2.18. The molecule has 1 unspecified atom stereocenters. The summed E-state index contributed by atoms with van der Waals surface area (Å²) in [4.78, 5) is 0. The lowest BCUT2D eigenvalue weighted by atomic mass is 10.0. The van der Waals surface area contributed by atoms with Crippen LogP contribution in [0, 0.1) is 18.3 Å². The Morgan fingerprint density at radius 2 is 2.27 bits per heavy atom. The van der Waals surface area contributed by atoms with E-state index in [0.29, 0.717) is 0 Å². The van der Waals surface area contributed by atoms with Crippen molar-refractivity contribution >= 4 is 0 Å². The molecule has 1 aromatic rings. The molecule has 80 valence electrons. The van der Waals surface area contributed by atoms with Crippen LogP contribution in [-0.2, 0) is 6.42 Å². The molecule has 0 bridgehead atoms. The zero-order chi connectivity index (χ0) is 11.3. The molecule has 0 aliphatic carbocycles. The molecule has 0 amide bonds. The highest BCUT2D eigenvalue weighted by atomic mass is 16.5. The average molecular weight is 204 g/mol. The standard InChI is InChI=1S/C12H16N2O/c1-9-4-3-5-11(8-10(2)14)12(9)15-7-6-13/h3-5,10H,7-8,14H2,1-2H3. The normalized spacial score (nSPS) is 11.9. The SMILES string of the molecule is Cc1cccc(CC(C)N)c1OCC#N. The molecular formula is C12H16N2O. The van der Waals surface area contributed by atoms with Gasteiger partial charge in [-0.3, -0.25) is 0 Å². The molecule has 0 aromatic heterocycles. The number of para-hydroxylation sites is 1. The van der Waals surface area contributed by atoms with Gasteiger partial charge in [-0.25, -0.2) is 0 Å². The maximum atomic E-state index is 8.49. The van der Waals surface area contributed by atoms with Gasteiger partial charge >= 0.3 is 0 Å². The molecule has 15 heavy (non-hydrogen) atoms. The predicted octanol–water partition coefficient (Wildman–Crippen LogP) is 1.79. The van der Waals surface area contributed by atoms with Crippen molar-refractivity contribution in [3.63, 3.8) is 0 Å². The largest absolute Gasteiger partial charge is 0.478 e. The van der Waals surface area contributed by atoms with E-state index < -0.39 is 0 Å². The summed E-state index contributed by atoms with van der Waals surface area (Å²) in [7, 11) is 0. The lowest BCUT2D eigenvalue weighted by molar-refractivity contribution is 0.360. The van der Waals surface area contributed by atoms with Gasteiger partial charge in [0.1, 0.15) is 11.8 Å². The molecule has 3 heteroatoms. The monoisotopic (exact) mass is 204 g/mol. The van der Waals surface area contributed by atoms with Crippen LogP contribution in [0.25, 0.3) is 0 Å². The van der Waals surface area contributed by atoms with E-state index in [1.165, 1.54) is 0 Å². The lowest BCUT2D eigenvalue weighted by Gasteiger charge is -2.13. The van der Waals surface area contributed by atoms with E-state index in [9.17, 15) is 0 Å². The Balaban J connectivity index is 2.93. The van der Waals surface area contributed by atoms with Crippen molar-refractivity contribution in [3.8, 4) is 11.8 Å². The fourth-order valence-electron chi connectivity index (χ4n) is 1.53. The molecule has 3 nitrogen and oxygen atoms in total. The van der Waals surface area contributed by atoms with E-state index in [1.54, 1.807) is 0 Å². The van der Waals surface area contributed by atoms with E-state index in [4.69, 9.17) is 15.7 Å². The van der Waals surface area contributed by atoms with Crippen molar-refractivity contribution in [1.82, 2.24) is 0 Å². The van der Waals surface area contributed by atoms with Gasteiger partial charge in [-0.1, -0.05) is 18.2 Å². The first kappa shape index (κ1) is 11.5. The number of ether oxygens (including phenoxy) is 1. The van der Waals surface area contributed by atoms with Gasteiger partial charge in [0, 0.05) is 6.04 Å². The van der Waals surface area contributed by atoms with Crippen LogP contribution in [0.3, 0.4) is 0 Å². The van der Waals surface area contributed by atoms with Crippen molar-refractivity contribution in [2.24, 2.45) is 5.73 Å². The summed E-state index contributed by atoms with van der Waals surface area (Å²) in [5.74, 6) is 0.802. The molecule has 0 heterocycles. The zero-order valence-corrected chi connectivity index (χ0v) is 9.16. The van der Waals surface area contributed by atoms with Crippen LogP contribution in [0.2, 0.25) is 0 Å². The van der Waals surface area contributed by atoms with Crippen molar-refractivity contribution in [1.29, 1.82) is 5.26 Å². The Hall–Kier alpha value is -1.53. The van der Waals surface area contributed by atoms with Gasteiger partial charge in [-0.05, 0) is 31.4 Å². The van der Waals surface area contributed by atoms with E-state index in [1.807, 2.05) is 38.1 Å². The van der Waals surface area contributed by atoms with Crippen LogP contribution in [0.5, 0.6) is 5.75 Å². The smallest absolute Gasteiger partial charge is 0.174 e. The van der Waals surface area contributed by atoms with Crippen molar-refractivity contribution in [2.45, 2.75) is 26.3 Å². The highest BCUT2D eigenvalue weighted by Crippen LogP contribution is 2.24. The topological polar surface area (TPSA) is 59.0 Å². The maximum Gasteiger partial charge on any atom is 0.174 e. The van der Waals surface area contributed by atoms with Gasteiger partial charge in [0.15, 0.2) is 6.61 Å². The molecule has 0 aliphatic rings. The van der Waals surface area contributed by atoms with Crippen LogP contribution in [0.15, 0.2) is 18.2 Å². The Morgan fingerprint density at radius 3 is 2.87 bits per heavy atom. The van der Waals surface area contributed by atoms with E-state index >= 15 is 0 Å². The maximum absolute atomic E-state index is 8.49. The Kier molecular flexibility index (Phi) is 4.14. The van der Waals surface area contributed by atoms with E-state index in [2.05, 4.69) is 0 Å². The Morgan fingerprint density at radius 1 is 1.53 bits per heavy atom. The van der Waals surface area contributed by atoms with Crippen molar-refractivity contribution < 1.29 is 4.74 Å². The number of nitrogens with two attached hydrogens (primary N) is 1. The molecule has 0 saturated carbocycles. The minimum absolute atomic E-state index is 0.0802. The second-order valence-corrected chi connectivity index (χ2v) is 3.69. The third kappa shape index (κ3) is 3.26. The van der Waals surface area contributed by atoms with Gasteiger partial charge in [-0.15, -0.1) is 0 Å². The third-order valence-electron chi connectivity index (χ3n) is 2.12. The van der Waals surface area contributed by atoms with Crippen LogP contribution < -0.4 is 10.5 Å². The van der Waals surface area contributed by atoms with E-state index in [-0.39, 0.29) is 12.6 Å². The van der Waals surface area contributed by atoms with E-state index in [0.717, 1.165) is 23.3 Å². The first-order valence-corrected chi connectivity index (χ1v) is 4.99. The summed E-state index contributed by atoms with van der Waals surface area (Å²) in [6.07, 6.45) is 0.766. The van der Waals surface area contributed by atoms with Crippen LogP contribution in [0.1, 0.15) is 18.1 Å². The molecule has 1 rings (SSSR count). The van der Waals surface area contributed by atoms with Gasteiger partial charge in [0.05, 0.1) is 0 Å². The summed E-state index contributed by atoms with van der Waals surface area (Å²) in [5.41, 5.74) is 7.87. The molecule has 0 saturated heterocycles. The first-order chi connectivity index (χ1) is 7.15. The van der Waals surface area contributed by atoms with Gasteiger partial charge in [0.25, 0.3) is 0 Å². The second kappa shape index (κ2) is 5.38. The summed E-state index contributed by atoms with van der Waals surface area (Å²) in [6.45, 7) is 4.00. The number of rotatable bonds is 4. The highest BCUT2D eigenvalue weighted by molar-refractivity contribution is 5.41. The zero-order valence-electron chi connectivity index (χ0n) is 9.16. The molecule has 1 aromatic carbocycles. The number of nitrogens with zero attached hydrogens (tertiary/aromatic N) is 1. The number of nitriles is 1. The summed E-state index contributed by atoms with van der Waals surface area (Å²) in [6, 6.07) is 8.00. The molecule has 0 radical (unpaired) electrons. The number of benzene rings is 1. The van der Waals surface area contributed by atoms with Crippen molar-refractivity contribution in [3.05, 3.63) is 29.3 Å². The third-order valence-corrected chi connectivity index (χ3v) is 2.12. The fourth-order valence-corrected chi connectivity index (χ4v) is 1.53. The van der Waals surface area contributed by atoms with Crippen LogP contribution in [-0.4, -0.2) is 12.6 Å². The minimum atomic E-state index is 0.0802. The summed E-state index contributed by atoms with van der Waals surface area (Å²) < 4.78 is 5.40. The average Bonchev–Trinajstić information content (AvgIpc) is 2.16. The number of aryl methyl sites for hydroxylation is 1. The molecule has 0 aliphatic heterocycles. The summed E-state index contributed by atoms with van der Waals surface area (Å²) >= 11 is 0. The highest BCUT2D eigenvalue weighted by Gasteiger charge is 2.08. The summed E-state index contributed by atoms with van der Waals surface area (Å²) in [5, 5.41) is 8.49. The van der Waals surface area contributed by atoms with Crippen molar-refractivity contribution in [2.75, 3.05) is 6.61 Å². The Bertz CT molecular complexity index is 366. The predicted molar refractivity (Wildman–Crippen MR) is 59.6 cm³/mol. The quantitative estimate of drug-likeness (QED) is 0.813. The van der Waals surface area contributed by atoms with Gasteiger partial charge < -0.3 is 10.5 Å². The molecule has 1 atom stereocenters.